The second-order valence-electron chi connectivity index (χ2n) is 7.12. The van der Waals surface area contributed by atoms with Gasteiger partial charge in [-0.05, 0) is 50.6 Å². The minimum absolute atomic E-state index is 0.00879. The summed E-state index contributed by atoms with van der Waals surface area (Å²) in [4.78, 5) is 23.3. The molecule has 0 unspecified atom stereocenters. The molecule has 3 heterocycles. The molecule has 4 rings (SSSR count). The standard InChI is InChI=1S/C20H21ClN6O/c1-12-6-16(21)4-5-17(12)24-20(28)15-9-26(10-15)18-8-19(23-11-22-18)27-14(3)7-13(2)25-27/h4-8,11,15H,9-10H2,1-3H3,(H,24,28). The SMILES string of the molecule is Cc1cc(C)n(-c2cc(N3CC(C(=O)Nc4ccc(Cl)cc4C)C3)ncn2)n1. The molecule has 1 fully saturated rings. The summed E-state index contributed by atoms with van der Waals surface area (Å²) in [7, 11) is 0. The van der Waals surface area contributed by atoms with Crippen molar-refractivity contribution in [2.24, 2.45) is 5.92 Å². The first-order chi connectivity index (χ1) is 13.4. The van der Waals surface area contributed by atoms with E-state index in [0.29, 0.717) is 18.1 Å². The van der Waals surface area contributed by atoms with Crippen molar-refractivity contribution in [3.05, 3.63) is 58.6 Å². The van der Waals surface area contributed by atoms with Crippen LogP contribution in [0.25, 0.3) is 5.82 Å². The number of nitrogens with one attached hydrogen (secondary N) is 1. The van der Waals surface area contributed by atoms with Crippen molar-refractivity contribution in [3.8, 4) is 5.82 Å². The van der Waals surface area contributed by atoms with E-state index in [2.05, 4.69) is 25.3 Å². The average molecular weight is 397 g/mol. The van der Waals surface area contributed by atoms with Gasteiger partial charge >= 0.3 is 0 Å². The van der Waals surface area contributed by atoms with Crippen LogP contribution in [0.3, 0.4) is 0 Å². The number of nitrogens with zero attached hydrogens (tertiary/aromatic N) is 5. The van der Waals surface area contributed by atoms with Gasteiger partial charge in [0.1, 0.15) is 12.1 Å². The Labute approximate surface area is 168 Å². The van der Waals surface area contributed by atoms with Gasteiger partial charge in [-0.25, -0.2) is 14.6 Å². The van der Waals surface area contributed by atoms with E-state index in [1.807, 2.05) is 45.0 Å². The van der Waals surface area contributed by atoms with E-state index < -0.39 is 0 Å². The molecule has 1 aromatic carbocycles. The lowest BCUT2D eigenvalue weighted by Crippen LogP contribution is -2.52. The number of aryl methyl sites for hydroxylation is 3. The maximum atomic E-state index is 12.5. The summed E-state index contributed by atoms with van der Waals surface area (Å²) in [5.74, 6) is 1.45. The van der Waals surface area contributed by atoms with Gasteiger partial charge in [-0.3, -0.25) is 4.79 Å². The van der Waals surface area contributed by atoms with Gasteiger partial charge in [-0.15, -0.1) is 0 Å². The zero-order chi connectivity index (χ0) is 19.8. The maximum Gasteiger partial charge on any atom is 0.231 e. The van der Waals surface area contributed by atoms with E-state index in [1.165, 1.54) is 6.33 Å². The van der Waals surface area contributed by atoms with E-state index in [-0.39, 0.29) is 11.8 Å². The van der Waals surface area contributed by atoms with Crippen molar-refractivity contribution >= 4 is 29.0 Å². The Hall–Kier alpha value is -2.93. The van der Waals surface area contributed by atoms with Gasteiger partial charge in [0, 0.05) is 35.6 Å². The van der Waals surface area contributed by atoms with Crippen LogP contribution in [0.1, 0.15) is 17.0 Å². The topological polar surface area (TPSA) is 75.9 Å². The van der Waals surface area contributed by atoms with Crippen LogP contribution in [0.5, 0.6) is 0 Å². The maximum absolute atomic E-state index is 12.5. The molecule has 1 N–H and O–H groups in total. The Morgan fingerprint density at radius 3 is 2.54 bits per heavy atom. The molecule has 7 nitrogen and oxygen atoms in total. The van der Waals surface area contributed by atoms with Crippen LogP contribution in [0.15, 0.2) is 36.7 Å². The van der Waals surface area contributed by atoms with Crippen LogP contribution in [0.2, 0.25) is 5.02 Å². The summed E-state index contributed by atoms with van der Waals surface area (Å²) in [6.07, 6.45) is 1.53. The number of hydrogen-bond acceptors (Lipinski definition) is 5. The first-order valence-corrected chi connectivity index (χ1v) is 9.46. The Balaban J connectivity index is 1.42. The summed E-state index contributed by atoms with van der Waals surface area (Å²) in [6, 6.07) is 9.35. The summed E-state index contributed by atoms with van der Waals surface area (Å²) < 4.78 is 1.80. The molecule has 0 radical (unpaired) electrons. The molecule has 8 heteroatoms. The van der Waals surface area contributed by atoms with Gasteiger partial charge in [-0.2, -0.15) is 5.10 Å². The molecule has 1 saturated heterocycles. The Bertz CT molecular complexity index is 1040. The lowest BCUT2D eigenvalue weighted by atomic mass is 9.99. The minimum atomic E-state index is -0.0813. The zero-order valence-corrected chi connectivity index (χ0v) is 16.7. The third kappa shape index (κ3) is 3.57. The fourth-order valence-electron chi connectivity index (χ4n) is 3.32. The van der Waals surface area contributed by atoms with Crippen LogP contribution in [0.4, 0.5) is 11.5 Å². The lowest BCUT2D eigenvalue weighted by molar-refractivity contribution is -0.120. The normalized spacial score (nSPS) is 14.1. The molecular weight excluding hydrogens is 376 g/mol. The van der Waals surface area contributed by atoms with Crippen LogP contribution in [-0.4, -0.2) is 38.7 Å². The molecule has 0 atom stereocenters. The number of amides is 1. The van der Waals surface area contributed by atoms with Crippen molar-refractivity contribution < 1.29 is 4.79 Å². The first kappa shape index (κ1) is 18.4. The number of anilines is 2. The highest BCUT2D eigenvalue weighted by molar-refractivity contribution is 6.30. The summed E-state index contributed by atoms with van der Waals surface area (Å²) in [6.45, 7) is 7.10. The van der Waals surface area contributed by atoms with E-state index in [0.717, 1.165) is 34.3 Å². The highest BCUT2D eigenvalue weighted by Crippen LogP contribution is 2.26. The van der Waals surface area contributed by atoms with E-state index in [4.69, 9.17) is 11.6 Å². The molecule has 144 valence electrons. The number of halogens is 1. The third-order valence-electron chi connectivity index (χ3n) is 4.89. The van der Waals surface area contributed by atoms with Gasteiger partial charge in [0.25, 0.3) is 0 Å². The molecule has 1 aliphatic rings. The van der Waals surface area contributed by atoms with Crippen LogP contribution in [-0.2, 0) is 4.79 Å². The van der Waals surface area contributed by atoms with E-state index in [1.54, 1.807) is 10.7 Å². The number of carbonyl (C=O) groups is 1. The van der Waals surface area contributed by atoms with Gasteiger partial charge in [0.15, 0.2) is 5.82 Å². The highest BCUT2D eigenvalue weighted by Gasteiger charge is 2.34. The molecule has 1 aliphatic heterocycles. The zero-order valence-electron chi connectivity index (χ0n) is 16.0. The second kappa shape index (κ2) is 7.24. The van der Waals surface area contributed by atoms with Gasteiger partial charge in [-0.1, -0.05) is 11.6 Å². The number of rotatable bonds is 4. The third-order valence-corrected chi connectivity index (χ3v) is 5.12. The highest BCUT2D eigenvalue weighted by atomic mass is 35.5. The Kier molecular flexibility index (Phi) is 4.77. The van der Waals surface area contributed by atoms with Crippen molar-refractivity contribution in [1.82, 2.24) is 19.7 Å². The smallest absolute Gasteiger partial charge is 0.231 e. The molecule has 0 spiro atoms. The van der Waals surface area contributed by atoms with Crippen LogP contribution >= 0.6 is 11.6 Å². The predicted octanol–water partition coefficient (Wildman–Crippen LogP) is 3.32. The van der Waals surface area contributed by atoms with Crippen molar-refractivity contribution in [2.75, 3.05) is 23.3 Å². The van der Waals surface area contributed by atoms with Crippen LogP contribution < -0.4 is 10.2 Å². The van der Waals surface area contributed by atoms with Gasteiger partial charge in [0.2, 0.25) is 5.91 Å². The minimum Gasteiger partial charge on any atom is -0.355 e. The molecule has 3 aromatic rings. The molecule has 0 aliphatic carbocycles. The quantitative estimate of drug-likeness (QED) is 0.732. The Morgan fingerprint density at radius 1 is 1.11 bits per heavy atom. The number of benzene rings is 1. The van der Waals surface area contributed by atoms with Gasteiger partial charge < -0.3 is 10.2 Å². The van der Waals surface area contributed by atoms with Crippen LogP contribution in [0, 0.1) is 26.7 Å². The summed E-state index contributed by atoms with van der Waals surface area (Å²) in [5, 5.41) is 8.11. The fraction of sp³-hybridized carbons (Fsp3) is 0.300. The largest absolute Gasteiger partial charge is 0.355 e. The summed E-state index contributed by atoms with van der Waals surface area (Å²) >= 11 is 5.97. The molecule has 28 heavy (non-hydrogen) atoms. The number of hydrogen-bond donors (Lipinski definition) is 1. The average Bonchev–Trinajstić information content (AvgIpc) is 2.95. The monoisotopic (exact) mass is 396 g/mol. The molecule has 2 aromatic heterocycles. The lowest BCUT2D eigenvalue weighted by Gasteiger charge is -2.39. The first-order valence-electron chi connectivity index (χ1n) is 9.08. The molecular formula is C20H21ClN6O. The number of carbonyl (C=O) groups excluding carboxylic acids is 1. The molecule has 0 bridgehead atoms. The van der Waals surface area contributed by atoms with E-state index in [9.17, 15) is 4.79 Å². The summed E-state index contributed by atoms with van der Waals surface area (Å²) in [5.41, 5.74) is 3.70. The second-order valence-corrected chi connectivity index (χ2v) is 7.56. The predicted molar refractivity (Wildman–Crippen MR) is 109 cm³/mol. The molecule has 1 amide bonds. The van der Waals surface area contributed by atoms with Gasteiger partial charge in [0.05, 0.1) is 11.6 Å². The fourth-order valence-corrected chi connectivity index (χ4v) is 3.55. The number of aromatic nitrogens is 4. The Morgan fingerprint density at radius 2 is 1.86 bits per heavy atom. The van der Waals surface area contributed by atoms with Crippen molar-refractivity contribution in [1.29, 1.82) is 0 Å². The van der Waals surface area contributed by atoms with Crippen molar-refractivity contribution in [2.45, 2.75) is 20.8 Å². The van der Waals surface area contributed by atoms with Crippen molar-refractivity contribution in [3.63, 3.8) is 0 Å². The van der Waals surface area contributed by atoms with E-state index >= 15 is 0 Å². The molecule has 0 saturated carbocycles.